The van der Waals surface area contributed by atoms with Gasteiger partial charge in [0.2, 0.25) is 0 Å². The molecule has 0 aromatic heterocycles. The Morgan fingerprint density at radius 1 is 0.704 bits per heavy atom. The average molecular weight is 388 g/mol. The molecule has 2 aromatic rings. The molecule has 146 valence electrons. The molecule has 0 unspecified atom stereocenters. The summed E-state index contributed by atoms with van der Waals surface area (Å²) in [6, 6.07) is 14.9. The van der Waals surface area contributed by atoms with Crippen molar-refractivity contribution in [1.29, 1.82) is 0 Å². The second-order valence-corrected chi connectivity index (χ2v) is 9.56. The summed E-state index contributed by atoms with van der Waals surface area (Å²) in [4.78, 5) is 2.37. The molecule has 4 rings (SSSR count). The van der Waals surface area contributed by atoms with E-state index < -0.39 is 10.2 Å². The van der Waals surface area contributed by atoms with Gasteiger partial charge in [-0.3, -0.25) is 4.90 Å². The summed E-state index contributed by atoms with van der Waals surface area (Å²) in [5, 5.41) is 2.55. The average Bonchev–Trinajstić information content (AvgIpc) is 2.99. The van der Waals surface area contributed by atoms with Crippen molar-refractivity contribution in [2.75, 3.05) is 39.3 Å². The Kier molecular flexibility index (Phi) is 5.78. The maximum absolute atomic E-state index is 13.0. The van der Waals surface area contributed by atoms with E-state index >= 15 is 0 Å². The second-order valence-electron chi connectivity index (χ2n) is 7.63. The number of rotatable bonds is 4. The Hall–Kier alpha value is -1.47. The number of nitrogens with zero attached hydrogens (tertiary/aromatic N) is 3. The van der Waals surface area contributed by atoms with Gasteiger partial charge in [0.15, 0.2) is 0 Å². The Labute approximate surface area is 162 Å². The quantitative estimate of drug-likeness (QED) is 0.810. The van der Waals surface area contributed by atoms with Crippen LogP contribution in [0.1, 0.15) is 31.2 Å². The first kappa shape index (κ1) is 18.9. The largest absolute Gasteiger partial charge is 0.296 e. The van der Waals surface area contributed by atoms with Gasteiger partial charge >= 0.3 is 0 Å². The second kappa shape index (κ2) is 8.27. The highest BCUT2D eigenvalue weighted by Crippen LogP contribution is 2.22. The molecule has 0 amide bonds. The van der Waals surface area contributed by atoms with E-state index in [-0.39, 0.29) is 0 Å². The Morgan fingerprint density at radius 3 is 2.07 bits per heavy atom. The molecule has 27 heavy (non-hydrogen) atoms. The van der Waals surface area contributed by atoms with Crippen LogP contribution in [0.4, 0.5) is 0 Å². The molecule has 2 heterocycles. The molecule has 0 spiro atoms. The molecular formula is C21H29N3O2S. The fourth-order valence-corrected chi connectivity index (χ4v) is 5.90. The zero-order chi connectivity index (χ0) is 18.7. The molecule has 5 nitrogen and oxygen atoms in total. The minimum Gasteiger partial charge on any atom is -0.296 e. The molecule has 2 aliphatic heterocycles. The van der Waals surface area contributed by atoms with E-state index in [1.165, 1.54) is 16.3 Å². The molecule has 0 bridgehead atoms. The smallest absolute Gasteiger partial charge is 0.282 e. The van der Waals surface area contributed by atoms with Gasteiger partial charge < -0.3 is 0 Å². The number of hydrogen-bond acceptors (Lipinski definition) is 3. The lowest BCUT2D eigenvalue weighted by Crippen LogP contribution is -2.52. The van der Waals surface area contributed by atoms with E-state index in [4.69, 9.17) is 0 Å². The fourth-order valence-electron chi connectivity index (χ4n) is 4.23. The SMILES string of the molecule is O=S(=O)(N1CCCCCC1)N1CCN(Cc2cccc3ccccc23)CC1. The Morgan fingerprint density at radius 2 is 1.33 bits per heavy atom. The number of piperazine rings is 1. The summed E-state index contributed by atoms with van der Waals surface area (Å²) in [6.07, 6.45) is 4.26. The van der Waals surface area contributed by atoms with E-state index in [1.807, 2.05) is 0 Å². The third-order valence-electron chi connectivity index (χ3n) is 5.82. The Balaban J connectivity index is 1.40. The molecule has 2 aliphatic rings. The summed E-state index contributed by atoms with van der Waals surface area (Å²) in [7, 11) is -3.30. The third-order valence-corrected chi connectivity index (χ3v) is 7.86. The zero-order valence-electron chi connectivity index (χ0n) is 15.9. The minimum atomic E-state index is -3.30. The van der Waals surface area contributed by atoms with E-state index in [0.29, 0.717) is 26.2 Å². The van der Waals surface area contributed by atoms with Crippen LogP contribution in [0.25, 0.3) is 10.8 Å². The molecule has 2 saturated heterocycles. The van der Waals surface area contributed by atoms with Crippen molar-refractivity contribution < 1.29 is 8.42 Å². The predicted molar refractivity (Wildman–Crippen MR) is 110 cm³/mol. The van der Waals surface area contributed by atoms with Gasteiger partial charge in [-0.05, 0) is 29.2 Å². The van der Waals surface area contributed by atoms with Crippen LogP contribution in [-0.4, -0.2) is 61.2 Å². The molecule has 0 N–H and O–H groups in total. The van der Waals surface area contributed by atoms with Crippen LogP contribution in [0.2, 0.25) is 0 Å². The van der Waals surface area contributed by atoms with Crippen LogP contribution in [0.15, 0.2) is 42.5 Å². The lowest BCUT2D eigenvalue weighted by molar-refractivity contribution is 0.175. The normalized spacial score (nSPS) is 21.3. The summed E-state index contributed by atoms with van der Waals surface area (Å²) < 4.78 is 29.3. The first-order valence-electron chi connectivity index (χ1n) is 10.1. The van der Waals surface area contributed by atoms with E-state index in [1.54, 1.807) is 8.61 Å². The van der Waals surface area contributed by atoms with Crippen LogP contribution in [0, 0.1) is 0 Å². The molecule has 0 radical (unpaired) electrons. The first-order chi connectivity index (χ1) is 13.1. The van der Waals surface area contributed by atoms with Crippen molar-refractivity contribution in [2.24, 2.45) is 0 Å². The van der Waals surface area contributed by atoms with Gasteiger partial charge in [-0.25, -0.2) is 0 Å². The van der Waals surface area contributed by atoms with Crippen molar-refractivity contribution in [3.8, 4) is 0 Å². The maximum atomic E-state index is 13.0. The topological polar surface area (TPSA) is 43.9 Å². The van der Waals surface area contributed by atoms with Crippen molar-refractivity contribution in [3.05, 3.63) is 48.0 Å². The zero-order valence-corrected chi connectivity index (χ0v) is 16.7. The number of fused-ring (bicyclic) bond motifs is 1. The van der Waals surface area contributed by atoms with Gasteiger partial charge in [0, 0.05) is 45.8 Å². The molecule has 6 heteroatoms. The van der Waals surface area contributed by atoms with Crippen molar-refractivity contribution in [3.63, 3.8) is 0 Å². The van der Waals surface area contributed by atoms with Crippen LogP contribution in [0.5, 0.6) is 0 Å². The summed E-state index contributed by atoms with van der Waals surface area (Å²) >= 11 is 0. The van der Waals surface area contributed by atoms with Crippen LogP contribution >= 0.6 is 0 Å². The van der Waals surface area contributed by atoms with E-state index in [9.17, 15) is 8.42 Å². The highest BCUT2D eigenvalue weighted by molar-refractivity contribution is 7.86. The van der Waals surface area contributed by atoms with Gasteiger partial charge in [-0.1, -0.05) is 55.3 Å². The van der Waals surface area contributed by atoms with Crippen molar-refractivity contribution >= 4 is 21.0 Å². The maximum Gasteiger partial charge on any atom is 0.282 e. The van der Waals surface area contributed by atoms with Gasteiger partial charge in [-0.15, -0.1) is 0 Å². The minimum absolute atomic E-state index is 0.587. The van der Waals surface area contributed by atoms with Gasteiger partial charge in [0.1, 0.15) is 0 Å². The molecule has 2 aromatic carbocycles. The van der Waals surface area contributed by atoms with Crippen LogP contribution in [-0.2, 0) is 16.8 Å². The molecule has 2 fully saturated rings. The Bertz CT molecular complexity index is 863. The van der Waals surface area contributed by atoms with Crippen LogP contribution in [0.3, 0.4) is 0 Å². The standard InChI is InChI=1S/C21H29N3O2S/c25-27(26,23-12-5-1-2-6-13-23)24-16-14-22(15-17-24)18-20-10-7-9-19-8-3-4-11-21(19)20/h3-4,7-11H,1-2,5-6,12-18H2. The molecule has 0 saturated carbocycles. The summed E-state index contributed by atoms with van der Waals surface area (Å²) in [6.45, 7) is 4.98. The molecule has 0 aliphatic carbocycles. The monoisotopic (exact) mass is 387 g/mol. The molecular weight excluding hydrogens is 358 g/mol. The van der Waals surface area contributed by atoms with Gasteiger partial charge in [0.25, 0.3) is 10.2 Å². The van der Waals surface area contributed by atoms with E-state index in [0.717, 1.165) is 45.3 Å². The lowest BCUT2D eigenvalue weighted by atomic mass is 10.0. The van der Waals surface area contributed by atoms with Crippen molar-refractivity contribution in [2.45, 2.75) is 32.2 Å². The first-order valence-corrected chi connectivity index (χ1v) is 11.5. The highest BCUT2D eigenvalue weighted by atomic mass is 32.2. The van der Waals surface area contributed by atoms with Crippen molar-refractivity contribution in [1.82, 2.24) is 13.5 Å². The highest BCUT2D eigenvalue weighted by Gasteiger charge is 2.32. The summed E-state index contributed by atoms with van der Waals surface area (Å²) in [5.74, 6) is 0. The lowest BCUT2D eigenvalue weighted by Gasteiger charge is -2.36. The van der Waals surface area contributed by atoms with Gasteiger partial charge in [0.05, 0.1) is 0 Å². The number of benzene rings is 2. The number of hydrogen-bond donors (Lipinski definition) is 0. The predicted octanol–water partition coefficient (Wildman–Crippen LogP) is 3.08. The summed E-state index contributed by atoms with van der Waals surface area (Å²) in [5.41, 5.74) is 1.32. The van der Waals surface area contributed by atoms with E-state index in [2.05, 4.69) is 47.4 Å². The van der Waals surface area contributed by atoms with Crippen LogP contribution < -0.4 is 0 Å². The molecule has 0 atom stereocenters. The van der Waals surface area contributed by atoms with Gasteiger partial charge in [-0.2, -0.15) is 17.0 Å². The third kappa shape index (κ3) is 4.19. The fraction of sp³-hybridized carbons (Fsp3) is 0.524.